The van der Waals surface area contributed by atoms with Crippen LogP contribution in [0.15, 0.2) is 36.4 Å². The van der Waals surface area contributed by atoms with Gasteiger partial charge in [0, 0.05) is 16.8 Å². The number of nitrogens with zero attached hydrogens (tertiary/aromatic N) is 2. The van der Waals surface area contributed by atoms with Crippen molar-refractivity contribution in [2.75, 3.05) is 12.4 Å². The topological polar surface area (TPSA) is 57.9 Å². The maximum absolute atomic E-state index is 9.38. The summed E-state index contributed by atoms with van der Waals surface area (Å²) in [5.74, 6) is 0.596. The van der Waals surface area contributed by atoms with Gasteiger partial charge in [0.15, 0.2) is 0 Å². The molecule has 4 heteroatoms. The zero-order valence-corrected chi connectivity index (χ0v) is 14.4. The number of methoxy groups -OCH3 is 1. The van der Waals surface area contributed by atoms with Crippen LogP contribution in [0.25, 0.3) is 21.8 Å². The third kappa shape index (κ3) is 2.87. The number of fused-ring (bicyclic) bond motifs is 2. The maximum atomic E-state index is 9.38. The van der Waals surface area contributed by atoms with Crippen molar-refractivity contribution in [2.45, 2.75) is 38.1 Å². The first-order valence-corrected chi connectivity index (χ1v) is 8.87. The highest BCUT2D eigenvalue weighted by molar-refractivity contribution is 6.08. The normalized spacial score (nSPS) is 15.2. The minimum Gasteiger partial charge on any atom is -0.495 e. The average molecular weight is 331 g/mol. The van der Waals surface area contributed by atoms with E-state index >= 15 is 0 Å². The Morgan fingerprint density at radius 1 is 1.08 bits per heavy atom. The lowest BCUT2D eigenvalue weighted by Crippen LogP contribution is -2.22. The van der Waals surface area contributed by atoms with Crippen LogP contribution >= 0.6 is 0 Å². The summed E-state index contributed by atoms with van der Waals surface area (Å²) in [5, 5.41) is 15.3. The number of para-hydroxylation sites is 1. The van der Waals surface area contributed by atoms with Crippen molar-refractivity contribution in [2.24, 2.45) is 0 Å². The number of rotatable bonds is 3. The van der Waals surface area contributed by atoms with Gasteiger partial charge in [-0.1, -0.05) is 37.5 Å². The van der Waals surface area contributed by atoms with E-state index in [0.29, 0.717) is 17.4 Å². The van der Waals surface area contributed by atoms with Crippen LogP contribution in [0, 0.1) is 11.3 Å². The minimum absolute atomic E-state index is 0.490. The van der Waals surface area contributed by atoms with E-state index in [1.54, 1.807) is 7.11 Å². The molecular formula is C21H21N3O. The predicted octanol–water partition coefficient (Wildman–Crippen LogP) is 5.01. The summed E-state index contributed by atoms with van der Waals surface area (Å²) in [6.45, 7) is 0. The molecule has 1 heterocycles. The van der Waals surface area contributed by atoms with Gasteiger partial charge in [-0.3, -0.25) is 0 Å². The number of anilines is 1. The minimum atomic E-state index is 0.490. The summed E-state index contributed by atoms with van der Waals surface area (Å²) in [7, 11) is 1.60. The second kappa shape index (κ2) is 6.60. The molecular weight excluding hydrogens is 310 g/mol. The van der Waals surface area contributed by atoms with Crippen LogP contribution in [0.1, 0.15) is 37.7 Å². The molecule has 1 fully saturated rings. The zero-order chi connectivity index (χ0) is 17.2. The van der Waals surface area contributed by atoms with Crippen LogP contribution in [0.5, 0.6) is 5.75 Å². The SMILES string of the molecule is COc1cc2c(NC3CCCCC3)c3ccccc3nc2cc1C#N. The molecule has 1 aliphatic rings. The molecule has 0 aliphatic heterocycles. The standard InChI is InChI=1S/C21H21N3O/c1-25-20-12-17-19(11-14(20)13-22)24-18-10-6-5-9-16(18)21(17)23-15-7-3-2-4-8-15/h5-6,9-12,15H,2-4,7-8H2,1H3,(H,23,24). The number of ether oxygens (including phenoxy) is 1. The molecule has 4 rings (SSSR count). The Labute approximate surface area is 147 Å². The first-order chi connectivity index (χ1) is 12.3. The second-order valence-electron chi connectivity index (χ2n) is 6.66. The molecule has 1 aliphatic carbocycles. The van der Waals surface area contributed by atoms with E-state index in [0.717, 1.165) is 27.5 Å². The van der Waals surface area contributed by atoms with E-state index in [-0.39, 0.29) is 0 Å². The fourth-order valence-corrected chi connectivity index (χ4v) is 3.78. The van der Waals surface area contributed by atoms with E-state index in [1.807, 2.05) is 30.3 Å². The molecule has 0 amide bonds. The van der Waals surface area contributed by atoms with Gasteiger partial charge in [-0.25, -0.2) is 4.98 Å². The zero-order valence-electron chi connectivity index (χ0n) is 14.4. The third-order valence-electron chi connectivity index (χ3n) is 5.08. The van der Waals surface area contributed by atoms with Crippen LogP contribution in [0.2, 0.25) is 0 Å². The highest BCUT2D eigenvalue weighted by Gasteiger charge is 2.18. The number of nitrogens with one attached hydrogen (secondary N) is 1. The average Bonchev–Trinajstić information content (AvgIpc) is 2.67. The first-order valence-electron chi connectivity index (χ1n) is 8.87. The lowest BCUT2D eigenvalue weighted by atomic mass is 9.94. The lowest BCUT2D eigenvalue weighted by Gasteiger charge is -2.25. The Bertz CT molecular complexity index is 968. The monoisotopic (exact) mass is 331 g/mol. The molecule has 25 heavy (non-hydrogen) atoms. The second-order valence-corrected chi connectivity index (χ2v) is 6.66. The molecule has 1 N–H and O–H groups in total. The third-order valence-corrected chi connectivity index (χ3v) is 5.08. The van der Waals surface area contributed by atoms with Gasteiger partial charge in [0.25, 0.3) is 0 Å². The number of aromatic nitrogens is 1. The van der Waals surface area contributed by atoms with E-state index in [4.69, 9.17) is 9.72 Å². The fourth-order valence-electron chi connectivity index (χ4n) is 3.78. The molecule has 4 nitrogen and oxygen atoms in total. The number of pyridine rings is 1. The van der Waals surface area contributed by atoms with Crippen LogP contribution in [-0.2, 0) is 0 Å². The number of hydrogen-bond acceptors (Lipinski definition) is 4. The van der Waals surface area contributed by atoms with E-state index < -0.39 is 0 Å². The molecule has 0 atom stereocenters. The molecule has 0 radical (unpaired) electrons. The largest absolute Gasteiger partial charge is 0.495 e. The van der Waals surface area contributed by atoms with Gasteiger partial charge in [-0.2, -0.15) is 5.26 Å². The van der Waals surface area contributed by atoms with Crippen molar-refractivity contribution in [1.82, 2.24) is 4.98 Å². The highest BCUT2D eigenvalue weighted by atomic mass is 16.5. The van der Waals surface area contributed by atoms with Crippen molar-refractivity contribution in [3.8, 4) is 11.8 Å². The van der Waals surface area contributed by atoms with Crippen LogP contribution in [0.4, 0.5) is 5.69 Å². The Kier molecular flexibility index (Phi) is 4.15. The van der Waals surface area contributed by atoms with Crippen LogP contribution in [0.3, 0.4) is 0 Å². The summed E-state index contributed by atoms with van der Waals surface area (Å²) >= 11 is 0. The summed E-state index contributed by atoms with van der Waals surface area (Å²) in [4.78, 5) is 4.77. The molecule has 126 valence electrons. The Morgan fingerprint density at radius 3 is 2.64 bits per heavy atom. The van der Waals surface area contributed by atoms with Gasteiger partial charge >= 0.3 is 0 Å². The van der Waals surface area contributed by atoms with Gasteiger partial charge in [-0.05, 0) is 31.0 Å². The van der Waals surface area contributed by atoms with Gasteiger partial charge in [0.1, 0.15) is 11.8 Å². The Morgan fingerprint density at radius 2 is 1.88 bits per heavy atom. The molecule has 0 spiro atoms. The summed E-state index contributed by atoms with van der Waals surface area (Å²) in [5.41, 5.74) is 3.40. The van der Waals surface area contributed by atoms with E-state index in [2.05, 4.69) is 17.5 Å². The molecule has 0 unspecified atom stereocenters. The number of benzene rings is 2. The molecule has 1 aromatic heterocycles. The fraction of sp³-hybridized carbons (Fsp3) is 0.333. The van der Waals surface area contributed by atoms with E-state index in [9.17, 15) is 5.26 Å². The summed E-state index contributed by atoms with van der Waals surface area (Å²) < 4.78 is 5.42. The Balaban J connectivity index is 1.95. The molecule has 0 saturated heterocycles. The van der Waals surface area contributed by atoms with Crippen molar-refractivity contribution in [3.05, 3.63) is 42.0 Å². The summed E-state index contributed by atoms with van der Waals surface area (Å²) in [6, 6.07) is 14.6. The van der Waals surface area contributed by atoms with Gasteiger partial charge in [-0.15, -0.1) is 0 Å². The van der Waals surface area contributed by atoms with Crippen LogP contribution in [-0.4, -0.2) is 18.1 Å². The van der Waals surface area contributed by atoms with E-state index in [1.165, 1.54) is 32.1 Å². The first kappa shape index (κ1) is 15.7. The van der Waals surface area contributed by atoms with Gasteiger partial charge in [0.2, 0.25) is 0 Å². The van der Waals surface area contributed by atoms with Crippen LogP contribution < -0.4 is 10.1 Å². The quantitative estimate of drug-likeness (QED) is 0.685. The van der Waals surface area contributed by atoms with Crippen molar-refractivity contribution < 1.29 is 4.74 Å². The lowest BCUT2D eigenvalue weighted by molar-refractivity contribution is 0.414. The van der Waals surface area contributed by atoms with Crippen molar-refractivity contribution in [3.63, 3.8) is 0 Å². The van der Waals surface area contributed by atoms with Gasteiger partial charge in [0.05, 0.1) is 29.4 Å². The highest BCUT2D eigenvalue weighted by Crippen LogP contribution is 2.36. The smallest absolute Gasteiger partial charge is 0.137 e. The summed E-state index contributed by atoms with van der Waals surface area (Å²) in [6.07, 6.45) is 6.29. The molecule has 3 aromatic rings. The Hall–Kier alpha value is -2.80. The predicted molar refractivity (Wildman–Crippen MR) is 101 cm³/mol. The number of nitriles is 1. The molecule has 1 saturated carbocycles. The van der Waals surface area contributed by atoms with Gasteiger partial charge < -0.3 is 10.1 Å². The number of hydrogen-bond donors (Lipinski definition) is 1. The maximum Gasteiger partial charge on any atom is 0.137 e. The van der Waals surface area contributed by atoms with Crippen molar-refractivity contribution in [1.29, 1.82) is 5.26 Å². The van der Waals surface area contributed by atoms with Crippen molar-refractivity contribution >= 4 is 27.5 Å². The molecule has 0 bridgehead atoms. The molecule has 2 aromatic carbocycles.